The predicted molar refractivity (Wildman–Crippen MR) is 86.6 cm³/mol. The second-order valence-electron chi connectivity index (χ2n) is 4.48. The molecule has 0 aliphatic rings. The van der Waals surface area contributed by atoms with Gasteiger partial charge >= 0.3 is 5.97 Å². The number of esters is 1. The number of H-pyrrole nitrogens is 1. The highest BCUT2D eigenvalue weighted by molar-refractivity contribution is 7.22. The Kier molecular flexibility index (Phi) is 3.96. The van der Waals surface area contributed by atoms with E-state index >= 15 is 0 Å². The van der Waals surface area contributed by atoms with E-state index in [-0.39, 0.29) is 17.9 Å². The van der Waals surface area contributed by atoms with Gasteiger partial charge in [0.1, 0.15) is 0 Å². The number of ether oxygens (including phenoxy) is 1. The van der Waals surface area contributed by atoms with Gasteiger partial charge in [-0.2, -0.15) is 5.10 Å². The first-order valence-electron chi connectivity index (χ1n) is 6.55. The number of carbonyl (C=O) groups is 1. The average molecular weight is 335 g/mol. The highest BCUT2D eigenvalue weighted by Gasteiger charge is 2.18. The van der Waals surface area contributed by atoms with Crippen molar-refractivity contribution in [1.29, 1.82) is 0 Å². The number of rotatable bonds is 3. The van der Waals surface area contributed by atoms with Crippen LogP contribution in [0.4, 0.5) is 0 Å². The molecule has 2 heterocycles. The van der Waals surface area contributed by atoms with Gasteiger partial charge < -0.3 is 4.74 Å². The number of nitrogens with zero attached hydrogens (tertiary/aromatic N) is 1. The number of benzene rings is 1. The second-order valence-corrected chi connectivity index (χ2v) is 5.97. The number of aromatic amines is 1. The molecular formula is C15H11ClN2O3S. The monoisotopic (exact) mass is 334 g/mol. The van der Waals surface area contributed by atoms with Gasteiger partial charge in [-0.15, -0.1) is 11.3 Å². The van der Waals surface area contributed by atoms with Gasteiger partial charge in [-0.05, 0) is 30.7 Å². The Morgan fingerprint density at radius 2 is 2.09 bits per heavy atom. The zero-order chi connectivity index (χ0) is 15.7. The summed E-state index contributed by atoms with van der Waals surface area (Å²) in [7, 11) is 0. The van der Waals surface area contributed by atoms with E-state index in [0.717, 1.165) is 10.4 Å². The smallest absolute Gasteiger partial charge is 0.360 e. The van der Waals surface area contributed by atoms with Crippen LogP contribution in [0, 0.1) is 0 Å². The summed E-state index contributed by atoms with van der Waals surface area (Å²) in [5.74, 6) is -0.548. The lowest BCUT2D eigenvalue weighted by molar-refractivity contribution is 0.0521. The minimum absolute atomic E-state index is 0.127. The summed E-state index contributed by atoms with van der Waals surface area (Å²) in [5, 5.41) is 7.22. The first-order valence-corrected chi connectivity index (χ1v) is 7.75. The second kappa shape index (κ2) is 5.90. The van der Waals surface area contributed by atoms with E-state index in [9.17, 15) is 9.59 Å². The molecule has 0 atom stereocenters. The maximum atomic E-state index is 11.9. The average Bonchev–Trinajstić information content (AvgIpc) is 2.94. The molecule has 1 N–H and O–H groups in total. The topological polar surface area (TPSA) is 72.0 Å². The van der Waals surface area contributed by atoms with Crippen LogP contribution in [0.3, 0.4) is 0 Å². The highest BCUT2D eigenvalue weighted by atomic mass is 35.5. The van der Waals surface area contributed by atoms with Crippen molar-refractivity contribution in [2.75, 3.05) is 6.61 Å². The minimum atomic E-state index is -0.548. The summed E-state index contributed by atoms with van der Waals surface area (Å²) in [5.41, 5.74) is 0.709. The maximum absolute atomic E-state index is 11.9. The van der Waals surface area contributed by atoms with Gasteiger partial charge in [-0.3, -0.25) is 4.79 Å². The third kappa shape index (κ3) is 2.63. The Morgan fingerprint density at radius 1 is 1.36 bits per heavy atom. The van der Waals surface area contributed by atoms with Crippen LogP contribution in [0.1, 0.15) is 17.4 Å². The van der Waals surface area contributed by atoms with E-state index in [4.69, 9.17) is 16.3 Å². The number of halogens is 1. The molecule has 1 aromatic carbocycles. The summed E-state index contributed by atoms with van der Waals surface area (Å²) in [6.45, 7) is 1.96. The largest absolute Gasteiger partial charge is 0.461 e. The van der Waals surface area contributed by atoms with Crippen LogP contribution in [0.15, 0.2) is 35.1 Å². The van der Waals surface area contributed by atoms with E-state index in [1.807, 2.05) is 12.1 Å². The first kappa shape index (κ1) is 14.7. The molecule has 0 aliphatic heterocycles. The molecule has 0 unspecified atom stereocenters. The van der Waals surface area contributed by atoms with Crippen molar-refractivity contribution in [2.24, 2.45) is 0 Å². The fourth-order valence-electron chi connectivity index (χ4n) is 2.05. The van der Waals surface area contributed by atoms with E-state index in [1.165, 1.54) is 11.3 Å². The fraction of sp³-hybridized carbons (Fsp3) is 0.133. The van der Waals surface area contributed by atoms with Crippen molar-refractivity contribution in [3.63, 3.8) is 0 Å². The molecule has 0 radical (unpaired) electrons. The zero-order valence-corrected chi connectivity index (χ0v) is 13.1. The molecule has 3 aromatic rings. The Balaban J connectivity index is 2.18. The minimum Gasteiger partial charge on any atom is -0.461 e. The van der Waals surface area contributed by atoms with Crippen LogP contribution < -0.4 is 5.56 Å². The zero-order valence-electron chi connectivity index (χ0n) is 11.6. The number of carbonyl (C=O) groups excluding carboxylic acids is 1. The third-order valence-electron chi connectivity index (χ3n) is 3.06. The fourth-order valence-corrected chi connectivity index (χ4v) is 3.31. The van der Waals surface area contributed by atoms with Gasteiger partial charge in [0.2, 0.25) is 0 Å². The van der Waals surface area contributed by atoms with Gasteiger partial charge in [0.15, 0.2) is 5.69 Å². The van der Waals surface area contributed by atoms with Crippen molar-refractivity contribution in [2.45, 2.75) is 6.92 Å². The molecule has 3 rings (SSSR count). The quantitative estimate of drug-likeness (QED) is 0.744. The summed E-state index contributed by atoms with van der Waals surface area (Å²) in [6.07, 6.45) is 0. The van der Waals surface area contributed by atoms with Gasteiger partial charge in [-0.1, -0.05) is 23.7 Å². The van der Waals surface area contributed by atoms with Crippen molar-refractivity contribution in [3.8, 4) is 10.4 Å². The molecule has 112 valence electrons. The predicted octanol–water partition coefficient (Wildman–Crippen LogP) is 3.48. The molecule has 22 heavy (non-hydrogen) atoms. The van der Waals surface area contributed by atoms with Gasteiger partial charge in [0.25, 0.3) is 5.56 Å². The maximum Gasteiger partial charge on any atom is 0.360 e. The van der Waals surface area contributed by atoms with Crippen molar-refractivity contribution >= 4 is 39.0 Å². The number of hydrogen-bond acceptors (Lipinski definition) is 5. The molecule has 5 nitrogen and oxygen atoms in total. The number of nitrogens with one attached hydrogen (secondary N) is 1. The summed E-state index contributed by atoms with van der Waals surface area (Å²) < 4.78 is 5.49. The van der Waals surface area contributed by atoms with Crippen LogP contribution in [-0.4, -0.2) is 22.8 Å². The number of thiophene rings is 1. The van der Waals surface area contributed by atoms with E-state index in [1.54, 1.807) is 25.1 Å². The Hall–Kier alpha value is -2.18. The summed E-state index contributed by atoms with van der Waals surface area (Å²) in [4.78, 5) is 24.7. The van der Waals surface area contributed by atoms with Crippen LogP contribution in [0.25, 0.3) is 20.5 Å². The number of hydrogen-bond donors (Lipinski definition) is 1. The first-order chi connectivity index (χ1) is 10.6. The third-order valence-corrected chi connectivity index (χ3v) is 4.50. The molecule has 0 aliphatic carbocycles. The van der Waals surface area contributed by atoms with Crippen molar-refractivity contribution in [3.05, 3.63) is 51.4 Å². The lowest BCUT2D eigenvalue weighted by atomic mass is 10.2. The molecule has 0 fully saturated rings. The standard InChI is InChI=1S/C15H11ClN2O3S/c1-2-21-15(20)12-13-10(14(19)18-17-12)7-11(22-13)8-3-5-9(16)6-4-8/h3-7H,2H2,1H3,(H,18,19). The molecule has 0 bridgehead atoms. The normalized spacial score (nSPS) is 10.8. The SMILES string of the molecule is CCOC(=O)c1n[nH]c(=O)c2cc(-c3ccc(Cl)cc3)sc12. The molecule has 0 saturated carbocycles. The molecular weight excluding hydrogens is 324 g/mol. The van der Waals surface area contributed by atoms with Gasteiger partial charge in [-0.25, -0.2) is 9.89 Å². The van der Waals surface area contributed by atoms with Crippen molar-refractivity contribution in [1.82, 2.24) is 10.2 Å². The van der Waals surface area contributed by atoms with Gasteiger partial charge in [0, 0.05) is 9.90 Å². The summed E-state index contributed by atoms with van der Waals surface area (Å²) in [6, 6.07) is 9.01. The van der Waals surface area contributed by atoms with Crippen molar-refractivity contribution < 1.29 is 9.53 Å². The molecule has 7 heteroatoms. The van der Waals surface area contributed by atoms with Crippen LogP contribution in [0.2, 0.25) is 5.02 Å². The molecule has 2 aromatic heterocycles. The molecule has 0 saturated heterocycles. The lowest BCUT2D eigenvalue weighted by Gasteiger charge is -2.00. The van der Waals surface area contributed by atoms with E-state index < -0.39 is 5.97 Å². The van der Waals surface area contributed by atoms with Crippen LogP contribution in [0.5, 0.6) is 0 Å². The van der Waals surface area contributed by atoms with E-state index in [2.05, 4.69) is 10.2 Å². The Bertz CT molecular complexity index is 899. The number of fused-ring (bicyclic) bond motifs is 1. The lowest BCUT2D eigenvalue weighted by Crippen LogP contribution is -2.14. The summed E-state index contributed by atoms with van der Waals surface area (Å²) >= 11 is 7.21. The Morgan fingerprint density at radius 3 is 2.77 bits per heavy atom. The molecule has 0 spiro atoms. The highest BCUT2D eigenvalue weighted by Crippen LogP contribution is 2.33. The van der Waals surface area contributed by atoms with E-state index in [0.29, 0.717) is 15.1 Å². The van der Waals surface area contributed by atoms with Gasteiger partial charge in [0.05, 0.1) is 16.7 Å². The Labute approximate surface area is 134 Å². The van der Waals surface area contributed by atoms with Crippen LogP contribution >= 0.6 is 22.9 Å². The number of aromatic nitrogens is 2. The molecule has 0 amide bonds. The van der Waals surface area contributed by atoms with Crippen LogP contribution in [-0.2, 0) is 4.74 Å².